The SMILES string of the molecule is CC(NCc1cccc2[nH]ccc12)c1ccccc1Cl. The molecule has 1 unspecified atom stereocenters. The van der Waals surface area contributed by atoms with Crippen molar-refractivity contribution in [2.75, 3.05) is 0 Å². The number of rotatable bonds is 4. The second kappa shape index (κ2) is 5.70. The minimum Gasteiger partial charge on any atom is -0.361 e. The van der Waals surface area contributed by atoms with Crippen LogP contribution in [0.4, 0.5) is 0 Å². The van der Waals surface area contributed by atoms with Crippen molar-refractivity contribution < 1.29 is 0 Å². The number of aromatic nitrogens is 1. The van der Waals surface area contributed by atoms with E-state index in [0.29, 0.717) is 0 Å². The number of halogens is 1. The van der Waals surface area contributed by atoms with E-state index in [9.17, 15) is 0 Å². The Morgan fingerprint density at radius 1 is 1.10 bits per heavy atom. The van der Waals surface area contributed by atoms with Gasteiger partial charge in [-0.25, -0.2) is 0 Å². The molecule has 1 atom stereocenters. The van der Waals surface area contributed by atoms with Gasteiger partial charge in [-0.2, -0.15) is 0 Å². The molecule has 0 radical (unpaired) electrons. The van der Waals surface area contributed by atoms with E-state index >= 15 is 0 Å². The van der Waals surface area contributed by atoms with Gasteiger partial charge in [0.05, 0.1) is 0 Å². The van der Waals surface area contributed by atoms with Crippen molar-refractivity contribution in [1.82, 2.24) is 10.3 Å². The highest BCUT2D eigenvalue weighted by molar-refractivity contribution is 6.31. The standard InChI is InChI=1S/C17H17ClN2/c1-12(14-6-2-3-7-16(14)18)20-11-13-5-4-8-17-15(13)9-10-19-17/h2-10,12,19-20H,11H2,1H3. The maximum absolute atomic E-state index is 6.23. The zero-order valence-electron chi connectivity index (χ0n) is 11.4. The Hall–Kier alpha value is -1.77. The number of H-pyrrole nitrogens is 1. The van der Waals surface area contributed by atoms with Gasteiger partial charge in [0.2, 0.25) is 0 Å². The third-order valence-electron chi connectivity index (χ3n) is 3.66. The summed E-state index contributed by atoms with van der Waals surface area (Å²) in [5, 5.41) is 5.62. The number of hydrogen-bond donors (Lipinski definition) is 2. The highest BCUT2D eigenvalue weighted by Crippen LogP contribution is 2.23. The third kappa shape index (κ3) is 2.58. The lowest BCUT2D eigenvalue weighted by Gasteiger charge is -2.16. The lowest BCUT2D eigenvalue weighted by atomic mass is 10.1. The van der Waals surface area contributed by atoms with Crippen molar-refractivity contribution in [3.63, 3.8) is 0 Å². The van der Waals surface area contributed by atoms with Crippen molar-refractivity contribution >= 4 is 22.5 Å². The molecule has 0 aliphatic heterocycles. The van der Waals surface area contributed by atoms with Gasteiger partial charge in [-0.15, -0.1) is 0 Å². The molecule has 0 spiro atoms. The molecule has 0 aliphatic rings. The first kappa shape index (κ1) is 13.2. The molecule has 1 aromatic heterocycles. The average Bonchev–Trinajstić information content (AvgIpc) is 2.94. The number of fused-ring (bicyclic) bond motifs is 1. The van der Waals surface area contributed by atoms with Crippen LogP contribution in [0.3, 0.4) is 0 Å². The number of aromatic amines is 1. The molecule has 0 saturated carbocycles. The van der Waals surface area contributed by atoms with E-state index in [-0.39, 0.29) is 6.04 Å². The summed E-state index contributed by atoms with van der Waals surface area (Å²) < 4.78 is 0. The normalized spacial score (nSPS) is 12.7. The summed E-state index contributed by atoms with van der Waals surface area (Å²) in [4.78, 5) is 3.24. The lowest BCUT2D eigenvalue weighted by molar-refractivity contribution is 0.576. The summed E-state index contributed by atoms with van der Waals surface area (Å²) in [6.45, 7) is 2.96. The van der Waals surface area contributed by atoms with E-state index < -0.39 is 0 Å². The first-order valence-electron chi connectivity index (χ1n) is 6.78. The van der Waals surface area contributed by atoms with Crippen LogP contribution >= 0.6 is 11.6 Å². The number of nitrogens with one attached hydrogen (secondary N) is 2. The van der Waals surface area contributed by atoms with Gasteiger partial charge < -0.3 is 10.3 Å². The number of benzene rings is 2. The second-order valence-electron chi connectivity index (χ2n) is 4.98. The van der Waals surface area contributed by atoms with E-state index in [1.807, 2.05) is 24.4 Å². The Morgan fingerprint density at radius 2 is 1.95 bits per heavy atom. The molecule has 3 rings (SSSR count). The van der Waals surface area contributed by atoms with E-state index in [1.165, 1.54) is 16.5 Å². The fourth-order valence-electron chi connectivity index (χ4n) is 2.50. The minimum atomic E-state index is 0.220. The van der Waals surface area contributed by atoms with Gasteiger partial charge in [0.15, 0.2) is 0 Å². The molecule has 0 amide bonds. The quantitative estimate of drug-likeness (QED) is 0.716. The zero-order chi connectivity index (χ0) is 13.9. The van der Waals surface area contributed by atoms with Crippen molar-refractivity contribution in [1.29, 1.82) is 0 Å². The molecule has 2 N–H and O–H groups in total. The summed E-state index contributed by atoms with van der Waals surface area (Å²) in [6.07, 6.45) is 1.98. The molecule has 0 aliphatic carbocycles. The monoisotopic (exact) mass is 284 g/mol. The van der Waals surface area contributed by atoms with Crippen LogP contribution in [-0.4, -0.2) is 4.98 Å². The minimum absolute atomic E-state index is 0.220. The Bertz CT molecular complexity index is 718. The van der Waals surface area contributed by atoms with Crippen LogP contribution in [0.25, 0.3) is 10.9 Å². The molecule has 0 saturated heterocycles. The van der Waals surface area contributed by atoms with Gasteiger partial charge >= 0.3 is 0 Å². The predicted octanol–water partition coefficient (Wildman–Crippen LogP) is 4.67. The maximum Gasteiger partial charge on any atom is 0.0457 e. The van der Waals surface area contributed by atoms with Crippen LogP contribution in [0.15, 0.2) is 54.7 Å². The summed E-state index contributed by atoms with van der Waals surface area (Å²) in [6, 6.07) is 16.6. The fraction of sp³-hybridized carbons (Fsp3) is 0.176. The molecule has 102 valence electrons. The molecular weight excluding hydrogens is 268 g/mol. The van der Waals surface area contributed by atoms with Crippen molar-refractivity contribution in [3.8, 4) is 0 Å². The number of hydrogen-bond acceptors (Lipinski definition) is 1. The summed E-state index contributed by atoms with van der Waals surface area (Å²) in [5.74, 6) is 0. The topological polar surface area (TPSA) is 27.8 Å². The van der Waals surface area contributed by atoms with Crippen LogP contribution in [0.5, 0.6) is 0 Å². The van der Waals surface area contributed by atoms with Gasteiger partial charge in [-0.3, -0.25) is 0 Å². The molecule has 1 heterocycles. The summed E-state index contributed by atoms with van der Waals surface area (Å²) in [5.41, 5.74) is 3.60. The van der Waals surface area contributed by atoms with E-state index in [1.54, 1.807) is 0 Å². The van der Waals surface area contributed by atoms with Crippen LogP contribution in [0.2, 0.25) is 5.02 Å². The molecule has 0 fully saturated rings. The van der Waals surface area contributed by atoms with E-state index in [2.05, 4.69) is 47.6 Å². The molecule has 3 heteroatoms. The highest BCUT2D eigenvalue weighted by atomic mass is 35.5. The van der Waals surface area contributed by atoms with Crippen LogP contribution in [0, 0.1) is 0 Å². The molecule has 2 aromatic carbocycles. The van der Waals surface area contributed by atoms with E-state index in [4.69, 9.17) is 11.6 Å². The van der Waals surface area contributed by atoms with Crippen LogP contribution in [-0.2, 0) is 6.54 Å². The summed E-state index contributed by atoms with van der Waals surface area (Å²) in [7, 11) is 0. The third-order valence-corrected chi connectivity index (χ3v) is 4.00. The lowest BCUT2D eigenvalue weighted by Crippen LogP contribution is -2.18. The maximum atomic E-state index is 6.23. The average molecular weight is 285 g/mol. The molecular formula is C17H17ClN2. The van der Waals surface area contributed by atoms with Crippen molar-refractivity contribution in [2.45, 2.75) is 19.5 Å². The predicted molar refractivity (Wildman–Crippen MR) is 85.0 cm³/mol. The Labute approximate surface area is 123 Å². The largest absolute Gasteiger partial charge is 0.361 e. The van der Waals surface area contributed by atoms with Gasteiger partial charge in [0.1, 0.15) is 0 Å². The van der Waals surface area contributed by atoms with Crippen LogP contribution < -0.4 is 5.32 Å². The van der Waals surface area contributed by atoms with Gasteiger partial charge in [-0.1, -0.05) is 41.9 Å². The fourth-order valence-corrected chi connectivity index (χ4v) is 2.80. The smallest absolute Gasteiger partial charge is 0.0457 e. The highest BCUT2D eigenvalue weighted by Gasteiger charge is 2.09. The van der Waals surface area contributed by atoms with Crippen molar-refractivity contribution in [2.24, 2.45) is 0 Å². The van der Waals surface area contributed by atoms with Crippen molar-refractivity contribution in [3.05, 3.63) is 70.9 Å². The summed E-state index contributed by atoms with van der Waals surface area (Å²) >= 11 is 6.23. The van der Waals surface area contributed by atoms with Gasteiger partial charge in [-0.05, 0) is 36.2 Å². The van der Waals surface area contributed by atoms with Gasteiger partial charge in [0, 0.05) is 34.7 Å². The Morgan fingerprint density at radius 3 is 2.80 bits per heavy atom. The first-order chi connectivity index (χ1) is 9.75. The van der Waals surface area contributed by atoms with Gasteiger partial charge in [0.25, 0.3) is 0 Å². The zero-order valence-corrected chi connectivity index (χ0v) is 12.1. The molecule has 0 bridgehead atoms. The Kier molecular flexibility index (Phi) is 3.77. The first-order valence-corrected chi connectivity index (χ1v) is 7.16. The molecule has 20 heavy (non-hydrogen) atoms. The second-order valence-corrected chi connectivity index (χ2v) is 5.39. The van der Waals surface area contributed by atoms with Crippen LogP contribution in [0.1, 0.15) is 24.1 Å². The molecule has 3 aromatic rings. The molecule has 2 nitrogen and oxygen atoms in total. The Balaban J connectivity index is 1.76. The van der Waals surface area contributed by atoms with E-state index in [0.717, 1.165) is 17.1 Å².